The molecule has 2 heterocycles. The van der Waals surface area contributed by atoms with Gasteiger partial charge >= 0.3 is 11.4 Å². The van der Waals surface area contributed by atoms with E-state index in [-0.39, 0.29) is 18.3 Å². The van der Waals surface area contributed by atoms with Gasteiger partial charge in [-0.15, -0.1) is 0 Å². The minimum atomic E-state index is -1.58. The number of ether oxygens (including phenoxy) is 2. The smallest absolute Gasteiger partial charge is 0.304 e. The van der Waals surface area contributed by atoms with Crippen molar-refractivity contribution in [2.24, 2.45) is 17.8 Å². The maximum atomic E-state index is 11.3. The van der Waals surface area contributed by atoms with Gasteiger partial charge in [-0.2, -0.15) is 4.21 Å². The van der Waals surface area contributed by atoms with Gasteiger partial charge in [0.25, 0.3) is 0 Å². The highest BCUT2D eigenvalue weighted by atomic mass is 127. The number of rotatable bonds is 0. The van der Waals surface area contributed by atoms with Crippen LogP contribution in [0.4, 0.5) is 0 Å². The van der Waals surface area contributed by atoms with E-state index >= 15 is 0 Å². The van der Waals surface area contributed by atoms with Gasteiger partial charge in [-0.05, 0) is 41.9 Å². The van der Waals surface area contributed by atoms with Crippen LogP contribution in [0.2, 0.25) is 0 Å². The molecule has 0 N–H and O–H groups in total. The molecule has 0 aromatic carbocycles. The van der Waals surface area contributed by atoms with Crippen molar-refractivity contribution < 1.29 is 22.0 Å². The van der Waals surface area contributed by atoms with Gasteiger partial charge in [0.1, 0.15) is 0 Å². The highest BCUT2D eigenvalue weighted by Crippen LogP contribution is 2.58. The third-order valence-electron chi connectivity index (χ3n) is 4.35. The van der Waals surface area contributed by atoms with Crippen molar-refractivity contribution in [1.29, 1.82) is 0 Å². The lowest BCUT2D eigenvalue weighted by atomic mass is 9.83. The molecule has 2 bridgehead atoms. The zero-order valence-corrected chi connectivity index (χ0v) is 12.2. The van der Waals surface area contributed by atoms with Crippen LogP contribution in [-0.2, 0) is 29.2 Å². The second kappa shape index (κ2) is 3.63. The molecule has 0 amide bonds. The Morgan fingerprint density at radius 2 is 1.88 bits per heavy atom. The number of alkyl halides is 1. The fraction of sp³-hybridized carbons (Fsp3) is 1.00. The summed E-state index contributed by atoms with van der Waals surface area (Å²) in [5, 5.41) is 0. The Kier molecular flexibility index (Phi) is 2.47. The third-order valence-corrected chi connectivity index (χ3v) is 5.56. The van der Waals surface area contributed by atoms with Gasteiger partial charge in [-0.25, -0.2) is 0 Å². The molecule has 4 rings (SSSR count). The molecule has 2 aliphatic heterocycles. The molecular weight excluding hydrogens is 359 g/mol. The Balaban J connectivity index is 1.64. The molecule has 7 heteroatoms. The molecule has 96 valence electrons. The van der Waals surface area contributed by atoms with E-state index in [1.165, 1.54) is 0 Å². The van der Waals surface area contributed by atoms with Crippen molar-refractivity contribution in [3.8, 4) is 0 Å². The molecule has 0 spiro atoms. The first-order chi connectivity index (χ1) is 8.05. The number of fused-ring (bicyclic) bond motifs is 8. The van der Waals surface area contributed by atoms with E-state index in [1.807, 2.05) is 6.92 Å². The zero-order valence-electron chi connectivity index (χ0n) is 9.21. The highest BCUT2D eigenvalue weighted by molar-refractivity contribution is 14.1. The molecular formula is C10H13IO5S. The van der Waals surface area contributed by atoms with Crippen LogP contribution in [0.1, 0.15) is 13.3 Å². The van der Waals surface area contributed by atoms with Crippen molar-refractivity contribution in [1.82, 2.24) is 0 Å². The van der Waals surface area contributed by atoms with Crippen molar-refractivity contribution in [3.63, 3.8) is 0 Å². The van der Waals surface area contributed by atoms with E-state index in [2.05, 4.69) is 22.6 Å². The molecule has 0 radical (unpaired) electrons. The van der Waals surface area contributed by atoms with Crippen molar-refractivity contribution >= 4 is 34.0 Å². The van der Waals surface area contributed by atoms with Crippen LogP contribution in [0.15, 0.2) is 0 Å². The van der Waals surface area contributed by atoms with E-state index in [0.29, 0.717) is 24.4 Å². The summed E-state index contributed by atoms with van der Waals surface area (Å²) in [6, 6.07) is 0. The van der Waals surface area contributed by atoms with Gasteiger partial charge in [0.05, 0.1) is 24.9 Å². The lowest BCUT2D eigenvalue weighted by Crippen LogP contribution is -2.48. The maximum Gasteiger partial charge on any atom is 0.304 e. The molecule has 8 atom stereocenters. The Morgan fingerprint density at radius 3 is 2.65 bits per heavy atom. The molecule has 2 saturated heterocycles. The largest absolute Gasteiger partial charge is 0.335 e. The van der Waals surface area contributed by atoms with Gasteiger partial charge in [0.2, 0.25) is 3.79 Å². The Bertz CT molecular complexity index is 389. The van der Waals surface area contributed by atoms with E-state index in [0.717, 1.165) is 6.42 Å². The number of hydrogen-bond donors (Lipinski definition) is 0. The first-order valence-electron chi connectivity index (χ1n) is 5.82. The summed E-state index contributed by atoms with van der Waals surface area (Å²) in [6.07, 6.45) is 1.31. The molecule has 2 saturated carbocycles. The first-order valence-corrected chi connectivity index (χ1v) is 7.90. The summed E-state index contributed by atoms with van der Waals surface area (Å²) in [6.45, 7) is 2.45. The van der Waals surface area contributed by atoms with E-state index < -0.39 is 15.2 Å². The van der Waals surface area contributed by atoms with Crippen LogP contribution >= 0.6 is 22.6 Å². The molecule has 4 aliphatic rings. The second-order valence-electron chi connectivity index (χ2n) is 5.28. The van der Waals surface area contributed by atoms with E-state index in [1.54, 1.807) is 0 Å². The molecule has 2 aliphatic carbocycles. The fourth-order valence-corrected chi connectivity index (χ4v) is 5.18. The van der Waals surface area contributed by atoms with Crippen LogP contribution in [-0.4, -0.2) is 32.9 Å². The lowest BCUT2D eigenvalue weighted by Gasteiger charge is -2.37. The Hall–Kier alpha value is 0.720. The average Bonchev–Trinajstić information content (AvgIpc) is 2.83. The monoisotopic (exact) mass is 372 g/mol. The quantitative estimate of drug-likeness (QED) is 0.472. The summed E-state index contributed by atoms with van der Waals surface area (Å²) in [5.41, 5.74) is 0. The predicted octanol–water partition coefficient (Wildman–Crippen LogP) is 1.14. The van der Waals surface area contributed by atoms with Crippen molar-refractivity contribution in [2.75, 3.05) is 6.61 Å². The van der Waals surface area contributed by atoms with Crippen molar-refractivity contribution in [3.05, 3.63) is 0 Å². The van der Waals surface area contributed by atoms with Crippen molar-refractivity contribution in [2.45, 2.75) is 35.5 Å². The summed E-state index contributed by atoms with van der Waals surface area (Å²) >= 11 is 0.605. The van der Waals surface area contributed by atoms with Crippen LogP contribution < -0.4 is 0 Å². The molecule has 0 aromatic heterocycles. The minimum Gasteiger partial charge on any atom is -0.335 e. The average molecular weight is 372 g/mol. The summed E-state index contributed by atoms with van der Waals surface area (Å²) in [4.78, 5) is 0. The van der Waals surface area contributed by atoms with Gasteiger partial charge in [0.15, 0.2) is 0 Å². The third kappa shape index (κ3) is 1.59. The van der Waals surface area contributed by atoms with E-state index in [4.69, 9.17) is 17.8 Å². The summed E-state index contributed by atoms with van der Waals surface area (Å²) < 4.78 is 33.2. The van der Waals surface area contributed by atoms with E-state index in [9.17, 15) is 4.21 Å². The normalized spacial score (nSPS) is 64.7. The van der Waals surface area contributed by atoms with Crippen LogP contribution in [0.5, 0.6) is 0 Å². The molecule has 8 unspecified atom stereocenters. The SMILES string of the molecule is CC1(I)OC2C3CC(C4OS(=O)OCC34)C2O1. The van der Waals surface area contributed by atoms with Gasteiger partial charge in [-0.1, -0.05) is 0 Å². The van der Waals surface area contributed by atoms with Gasteiger partial charge < -0.3 is 9.47 Å². The lowest BCUT2D eigenvalue weighted by molar-refractivity contribution is -0.0839. The summed E-state index contributed by atoms with van der Waals surface area (Å²) in [7, 11) is 0. The predicted molar refractivity (Wildman–Crippen MR) is 66.2 cm³/mol. The molecule has 4 fully saturated rings. The maximum absolute atomic E-state index is 11.3. The second-order valence-corrected chi connectivity index (χ2v) is 8.07. The number of hydrogen-bond acceptors (Lipinski definition) is 5. The Labute approximate surface area is 116 Å². The first kappa shape index (κ1) is 11.5. The van der Waals surface area contributed by atoms with Crippen LogP contribution in [0.25, 0.3) is 0 Å². The fourth-order valence-electron chi connectivity index (χ4n) is 3.81. The molecule has 0 aromatic rings. The molecule has 17 heavy (non-hydrogen) atoms. The van der Waals surface area contributed by atoms with Crippen LogP contribution in [0.3, 0.4) is 0 Å². The number of halogens is 1. The standard InChI is InChI=1S/C10H13IO5S/c1-10(11)14-8-4-2-5(9(8)15-10)7-6(4)3-13-17(12)16-7/h4-9H,2-3H2,1H3. The topological polar surface area (TPSA) is 54.0 Å². The molecule has 5 nitrogen and oxygen atoms in total. The van der Waals surface area contributed by atoms with Gasteiger partial charge in [-0.3, -0.25) is 8.37 Å². The zero-order chi connectivity index (χ0) is 11.8. The minimum absolute atomic E-state index is 0.0183. The van der Waals surface area contributed by atoms with Crippen LogP contribution in [0, 0.1) is 17.8 Å². The van der Waals surface area contributed by atoms with Gasteiger partial charge in [0, 0.05) is 11.8 Å². The summed E-state index contributed by atoms with van der Waals surface area (Å²) in [5.74, 6) is 1.04. The Morgan fingerprint density at radius 1 is 1.18 bits per heavy atom. The highest BCUT2D eigenvalue weighted by Gasteiger charge is 2.66.